The number of amides is 2. The zero-order chi connectivity index (χ0) is 33.3. The number of hydrogen-bond donors (Lipinski definition) is 1. The number of hydrogen-bond acceptors (Lipinski definition) is 6. The summed E-state index contributed by atoms with van der Waals surface area (Å²) in [4.78, 5) is 59.6. The number of halogens is 1. The van der Waals surface area contributed by atoms with Crippen molar-refractivity contribution in [3.8, 4) is 0 Å². The third kappa shape index (κ3) is 4.30. The zero-order valence-corrected chi connectivity index (χ0v) is 26.9. The van der Waals surface area contributed by atoms with Gasteiger partial charge in [-0.1, -0.05) is 90.0 Å². The molecule has 240 valence electrons. The van der Waals surface area contributed by atoms with Crippen molar-refractivity contribution in [2.45, 2.75) is 37.7 Å². The maximum atomic E-state index is 15.0. The number of aliphatic hydroxyl groups excluding tert-OH is 1. The number of Topliss-reactive ketones (excluding diaryl/α,β-unsaturated/α-hetero) is 1. The lowest BCUT2D eigenvalue weighted by Crippen LogP contribution is -2.58. The zero-order valence-electron chi connectivity index (χ0n) is 26.1. The van der Waals surface area contributed by atoms with Gasteiger partial charge in [-0.3, -0.25) is 19.2 Å². The van der Waals surface area contributed by atoms with E-state index in [0.717, 1.165) is 11.1 Å². The number of ketones is 2. The van der Waals surface area contributed by atoms with Gasteiger partial charge in [0.05, 0.1) is 28.9 Å². The molecule has 1 N–H and O–H groups in total. The summed E-state index contributed by atoms with van der Waals surface area (Å²) in [6.07, 6.45) is 3.96. The molecule has 0 radical (unpaired) electrons. The van der Waals surface area contributed by atoms with Gasteiger partial charge in [-0.2, -0.15) is 0 Å². The molecule has 1 aliphatic heterocycles. The number of benzene rings is 3. The van der Waals surface area contributed by atoms with Crippen LogP contribution >= 0.6 is 11.6 Å². The van der Waals surface area contributed by atoms with Crippen LogP contribution in [0.3, 0.4) is 0 Å². The molecule has 48 heavy (non-hydrogen) atoms. The minimum atomic E-state index is -1.38. The smallest absolute Gasteiger partial charge is 0.238 e. The first-order chi connectivity index (χ1) is 23.2. The molecule has 0 spiro atoms. The Kier molecular flexibility index (Phi) is 7.23. The van der Waals surface area contributed by atoms with Crippen molar-refractivity contribution in [2.24, 2.45) is 23.7 Å². The van der Waals surface area contributed by atoms with E-state index in [1.807, 2.05) is 73.7 Å². The van der Waals surface area contributed by atoms with Gasteiger partial charge in [-0.15, -0.1) is 0 Å². The van der Waals surface area contributed by atoms with Crippen LogP contribution in [0.5, 0.6) is 0 Å². The topological polar surface area (TPSA) is 105 Å². The molecule has 1 saturated heterocycles. The van der Waals surface area contributed by atoms with Crippen LogP contribution < -0.4 is 4.90 Å². The van der Waals surface area contributed by atoms with E-state index in [0.29, 0.717) is 45.4 Å². The fraction of sp³-hybridized carbons (Fsp3) is 0.250. The van der Waals surface area contributed by atoms with Crippen LogP contribution in [-0.2, 0) is 31.2 Å². The molecule has 7 nitrogen and oxygen atoms in total. The molecule has 1 saturated carbocycles. The van der Waals surface area contributed by atoms with Gasteiger partial charge in [0.1, 0.15) is 18.1 Å². The highest BCUT2D eigenvalue weighted by Gasteiger charge is 2.66. The maximum absolute atomic E-state index is 15.0. The molecule has 3 aliphatic carbocycles. The normalized spacial score (nSPS) is 28.1. The Balaban J connectivity index is 1.34. The molecule has 4 aromatic rings. The van der Waals surface area contributed by atoms with Crippen molar-refractivity contribution >= 4 is 46.2 Å². The number of anilines is 1. The molecule has 2 amide bonds. The number of nitrogens with zero attached hydrogens (tertiary/aromatic N) is 1. The standard InChI is InChI=1S/C40H32ClNO6/c1-22-12-13-25(18-32(22)41)42-38(46)28-16-15-27-30(35(28)39(42)47)19-31-37(45)29(23-8-4-2-5-9-23)20-34(44)40(31,24-10-6-3-7-11-24)36(27)33-17-14-26(21-43)48-33/h2-15,17-18,20,28,30-31,35-36,43H,16,19,21H2,1H3. The van der Waals surface area contributed by atoms with E-state index in [1.54, 1.807) is 30.3 Å². The molecular formula is C40H32ClNO6. The SMILES string of the molecule is Cc1ccc(N2C(=O)C3CC=C4C(CC5C(=O)C(c6ccccc6)=CC(=O)C5(c5ccccc5)C4c4ccc(CO)o4)C3C2=O)cc1Cl. The van der Waals surface area contributed by atoms with Gasteiger partial charge in [0.25, 0.3) is 0 Å². The molecule has 8 rings (SSSR count). The minimum absolute atomic E-state index is 0.191. The van der Waals surface area contributed by atoms with Crippen LogP contribution in [0.4, 0.5) is 5.69 Å². The highest BCUT2D eigenvalue weighted by atomic mass is 35.5. The van der Waals surface area contributed by atoms with Gasteiger partial charge in [-0.05, 0) is 72.7 Å². The number of carbonyl (C=O) groups excluding carboxylic acids is 4. The fourth-order valence-corrected chi connectivity index (χ4v) is 8.97. The Morgan fingerprint density at radius 2 is 1.62 bits per heavy atom. The lowest BCUT2D eigenvalue weighted by Gasteiger charge is -2.54. The molecule has 1 aromatic heterocycles. The van der Waals surface area contributed by atoms with Crippen molar-refractivity contribution < 1.29 is 28.7 Å². The van der Waals surface area contributed by atoms with E-state index in [1.165, 1.54) is 11.0 Å². The average molecular weight is 658 g/mol. The number of furan rings is 1. The average Bonchev–Trinajstić information content (AvgIpc) is 3.69. The first-order valence-corrected chi connectivity index (χ1v) is 16.6. The van der Waals surface area contributed by atoms with Crippen molar-refractivity contribution in [2.75, 3.05) is 4.90 Å². The third-order valence-corrected chi connectivity index (χ3v) is 11.3. The van der Waals surface area contributed by atoms with E-state index in [2.05, 4.69) is 0 Å². The van der Waals surface area contributed by atoms with Gasteiger partial charge in [-0.25, -0.2) is 4.90 Å². The Hall–Kier alpha value is -4.85. The van der Waals surface area contributed by atoms with Crippen molar-refractivity contribution in [3.05, 3.63) is 142 Å². The number of fused-ring (bicyclic) bond motifs is 4. The molecule has 2 fully saturated rings. The lowest BCUT2D eigenvalue weighted by atomic mass is 9.45. The number of imide groups is 1. The van der Waals surface area contributed by atoms with Crippen LogP contribution in [0.25, 0.3) is 5.57 Å². The highest BCUT2D eigenvalue weighted by molar-refractivity contribution is 6.33. The van der Waals surface area contributed by atoms with Gasteiger partial charge in [0.15, 0.2) is 11.6 Å². The largest absolute Gasteiger partial charge is 0.463 e. The number of aryl methyl sites for hydroxylation is 1. The Bertz CT molecular complexity index is 2060. The lowest BCUT2D eigenvalue weighted by molar-refractivity contribution is -0.135. The summed E-state index contributed by atoms with van der Waals surface area (Å²) in [6, 6.07) is 27.1. The van der Waals surface area contributed by atoms with Crippen LogP contribution in [0, 0.1) is 30.6 Å². The monoisotopic (exact) mass is 657 g/mol. The van der Waals surface area contributed by atoms with Gasteiger partial charge >= 0.3 is 0 Å². The summed E-state index contributed by atoms with van der Waals surface area (Å²) in [7, 11) is 0. The first kappa shape index (κ1) is 30.5. The maximum Gasteiger partial charge on any atom is 0.238 e. The van der Waals surface area contributed by atoms with Crippen molar-refractivity contribution in [1.29, 1.82) is 0 Å². The molecular weight excluding hydrogens is 626 g/mol. The van der Waals surface area contributed by atoms with E-state index >= 15 is 0 Å². The molecule has 0 bridgehead atoms. The van der Waals surface area contributed by atoms with Crippen molar-refractivity contribution in [1.82, 2.24) is 0 Å². The molecule has 4 aliphatic rings. The van der Waals surface area contributed by atoms with E-state index < -0.39 is 35.0 Å². The van der Waals surface area contributed by atoms with E-state index in [-0.39, 0.29) is 36.4 Å². The summed E-state index contributed by atoms with van der Waals surface area (Å²) < 4.78 is 6.23. The second kappa shape index (κ2) is 11.4. The van der Waals surface area contributed by atoms with Gasteiger partial charge in [0.2, 0.25) is 11.8 Å². The van der Waals surface area contributed by atoms with Crippen molar-refractivity contribution in [3.63, 3.8) is 0 Å². The molecule has 6 atom stereocenters. The predicted octanol–water partition coefficient (Wildman–Crippen LogP) is 6.76. The first-order valence-electron chi connectivity index (χ1n) is 16.2. The predicted molar refractivity (Wildman–Crippen MR) is 180 cm³/mol. The number of carbonyl (C=O) groups is 4. The summed E-state index contributed by atoms with van der Waals surface area (Å²) in [5, 5.41) is 10.4. The molecule has 6 unspecified atom stereocenters. The molecule has 3 aromatic carbocycles. The fourth-order valence-electron chi connectivity index (χ4n) is 8.79. The highest BCUT2D eigenvalue weighted by Crippen LogP contribution is 2.63. The molecule has 2 heterocycles. The Morgan fingerprint density at radius 1 is 0.896 bits per heavy atom. The summed E-state index contributed by atoms with van der Waals surface area (Å²) in [5.74, 6) is -3.82. The number of allylic oxidation sites excluding steroid dienone is 4. The summed E-state index contributed by atoms with van der Waals surface area (Å²) >= 11 is 6.43. The van der Waals surface area contributed by atoms with Gasteiger partial charge < -0.3 is 9.52 Å². The Morgan fingerprint density at radius 3 is 2.31 bits per heavy atom. The van der Waals surface area contributed by atoms with Crippen LogP contribution in [-0.4, -0.2) is 28.5 Å². The minimum Gasteiger partial charge on any atom is -0.463 e. The van der Waals surface area contributed by atoms with Crippen LogP contribution in [0.15, 0.2) is 113 Å². The van der Waals surface area contributed by atoms with Crippen LogP contribution in [0.2, 0.25) is 5.02 Å². The summed E-state index contributed by atoms with van der Waals surface area (Å²) in [5.41, 5.74) is 2.32. The van der Waals surface area contributed by atoms with E-state index in [4.69, 9.17) is 16.0 Å². The van der Waals surface area contributed by atoms with Gasteiger partial charge in [0, 0.05) is 16.5 Å². The number of rotatable bonds is 5. The van der Waals surface area contributed by atoms with Crippen LogP contribution in [0.1, 0.15) is 47.0 Å². The van der Waals surface area contributed by atoms with E-state index in [9.17, 15) is 24.3 Å². The number of aliphatic hydroxyl groups is 1. The third-order valence-electron chi connectivity index (χ3n) is 10.9. The summed E-state index contributed by atoms with van der Waals surface area (Å²) in [6.45, 7) is 1.52. The molecule has 8 heteroatoms. The Labute approximate surface area is 282 Å². The second-order valence-electron chi connectivity index (χ2n) is 13.2. The quantitative estimate of drug-likeness (QED) is 0.188. The second-order valence-corrected chi connectivity index (χ2v) is 13.6.